The van der Waals surface area contributed by atoms with Crippen molar-refractivity contribution in [2.24, 2.45) is 11.8 Å². The van der Waals surface area contributed by atoms with Crippen LogP contribution < -0.4 is 4.90 Å². The van der Waals surface area contributed by atoms with E-state index in [0.29, 0.717) is 25.0 Å². The number of hydrogen-bond donors (Lipinski definition) is 0. The zero-order chi connectivity index (χ0) is 20.6. The molecular weight excluding hydrogens is 381 g/mol. The summed E-state index contributed by atoms with van der Waals surface area (Å²) >= 11 is 0. The molecule has 0 aromatic heterocycles. The lowest BCUT2D eigenvalue weighted by molar-refractivity contribution is 0.0823. The Hall–Kier alpha value is -1.61. The van der Waals surface area contributed by atoms with Crippen molar-refractivity contribution >= 4 is 13.3 Å². The van der Waals surface area contributed by atoms with E-state index >= 15 is 0 Å². The number of hydrogen-bond acceptors (Lipinski definition) is 4. The Morgan fingerprint density at radius 1 is 1.03 bits per heavy atom. The summed E-state index contributed by atoms with van der Waals surface area (Å²) in [7, 11) is -3.34. The quantitative estimate of drug-likeness (QED) is 0.482. The van der Waals surface area contributed by atoms with Crippen LogP contribution in [0.3, 0.4) is 0 Å². The van der Waals surface area contributed by atoms with Crippen molar-refractivity contribution in [3.05, 3.63) is 65.7 Å². The first-order valence-electron chi connectivity index (χ1n) is 10.8. The van der Waals surface area contributed by atoms with Crippen LogP contribution >= 0.6 is 7.60 Å². The summed E-state index contributed by atoms with van der Waals surface area (Å²) in [6.45, 7) is 9.91. The normalized spacial score (nSPS) is 25.6. The maximum Gasteiger partial charge on any atom is 0.343 e. The van der Waals surface area contributed by atoms with Gasteiger partial charge in [0, 0.05) is 12.2 Å². The first-order chi connectivity index (χ1) is 14.0. The van der Waals surface area contributed by atoms with Gasteiger partial charge >= 0.3 is 7.60 Å². The van der Waals surface area contributed by atoms with Crippen molar-refractivity contribution in [2.45, 2.75) is 51.9 Å². The van der Waals surface area contributed by atoms with Crippen LogP contribution in [0.2, 0.25) is 0 Å². The molecule has 4 rings (SSSR count). The van der Waals surface area contributed by atoms with Gasteiger partial charge < -0.3 is 13.9 Å². The molecule has 5 heteroatoms. The van der Waals surface area contributed by atoms with Gasteiger partial charge in [-0.3, -0.25) is 4.57 Å². The minimum atomic E-state index is -3.34. The van der Waals surface area contributed by atoms with E-state index in [2.05, 4.69) is 67.3 Å². The van der Waals surface area contributed by atoms with Gasteiger partial charge in [0.05, 0.1) is 19.3 Å². The summed E-state index contributed by atoms with van der Waals surface area (Å²) in [4.78, 5) is 2.46. The highest BCUT2D eigenvalue weighted by molar-refractivity contribution is 7.55. The fourth-order valence-corrected chi connectivity index (χ4v) is 8.16. The van der Waals surface area contributed by atoms with E-state index in [-0.39, 0.29) is 6.04 Å². The molecule has 0 spiro atoms. The van der Waals surface area contributed by atoms with Crippen LogP contribution in [0.15, 0.2) is 54.6 Å². The maximum atomic E-state index is 14.3. The van der Waals surface area contributed by atoms with Crippen LogP contribution in [0.4, 0.5) is 5.69 Å². The topological polar surface area (TPSA) is 38.8 Å². The summed E-state index contributed by atoms with van der Waals surface area (Å²) in [6, 6.07) is 19.1. The van der Waals surface area contributed by atoms with E-state index in [0.717, 1.165) is 18.5 Å². The highest BCUT2D eigenvalue weighted by atomic mass is 31.2. The lowest BCUT2D eigenvalue weighted by Gasteiger charge is -2.57. The lowest BCUT2D eigenvalue weighted by Crippen LogP contribution is -2.61. The van der Waals surface area contributed by atoms with Gasteiger partial charge in [-0.05, 0) is 49.3 Å². The predicted octanol–water partition coefficient (Wildman–Crippen LogP) is 6.21. The molecule has 2 aromatic rings. The first kappa shape index (κ1) is 20.7. The molecule has 0 amide bonds. The Kier molecular flexibility index (Phi) is 5.63. The average molecular weight is 413 g/mol. The molecule has 1 aliphatic carbocycles. The predicted molar refractivity (Wildman–Crippen MR) is 118 cm³/mol. The van der Waals surface area contributed by atoms with Crippen molar-refractivity contribution in [3.8, 4) is 0 Å². The molecule has 156 valence electrons. The van der Waals surface area contributed by atoms with Gasteiger partial charge in [0.2, 0.25) is 0 Å². The number of benzene rings is 2. The minimum absolute atomic E-state index is 0.115. The third-order valence-corrected chi connectivity index (χ3v) is 9.46. The summed E-state index contributed by atoms with van der Waals surface area (Å²) in [5, 5.41) is -0.584. The van der Waals surface area contributed by atoms with Crippen LogP contribution in [0.1, 0.15) is 45.2 Å². The maximum absolute atomic E-state index is 14.3. The number of anilines is 1. The zero-order valence-electron chi connectivity index (χ0n) is 17.9. The van der Waals surface area contributed by atoms with Crippen LogP contribution in [0.25, 0.3) is 0 Å². The van der Waals surface area contributed by atoms with Gasteiger partial charge in [-0.15, -0.1) is 0 Å². The minimum Gasteiger partial charge on any atom is -0.362 e. The number of para-hydroxylation sites is 1. The smallest absolute Gasteiger partial charge is 0.343 e. The molecule has 1 saturated carbocycles. The third kappa shape index (κ3) is 3.08. The van der Waals surface area contributed by atoms with Crippen LogP contribution in [0, 0.1) is 11.8 Å². The molecule has 1 fully saturated rings. The molecule has 2 aromatic carbocycles. The fraction of sp³-hybridized carbons (Fsp3) is 0.500. The molecule has 0 radical (unpaired) electrons. The van der Waals surface area contributed by atoms with Crippen molar-refractivity contribution in [1.29, 1.82) is 0 Å². The fourth-order valence-electron chi connectivity index (χ4n) is 5.38. The molecule has 2 aliphatic rings. The number of nitrogens with zero attached hydrogens (tertiary/aromatic N) is 1. The van der Waals surface area contributed by atoms with Gasteiger partial charge in [-0.25, -0.2) is 0 Å². The zero-order valence-corrected chi connectivity index (χ0v) is 18.8. The summed E-state index contributed by atoms with van der Waals surface area (Å²) in [5.41, 5.74) is 3.56. The Morgan fingerprint density at radius 3 is 2.28 bits per heavy atom. The molecular formula is C24H32NO3P. The third-order valence-electron chi connectivity index (χ3n) is 6.60. The van der Waals surface area contributed by atoms with E-state index in [1.54, 1.807) is 0 Å². The summed E-state index contributed by atoms with van der Waals surface area (Å²) in [6.07, 6.45) is 0.842. The van der Waals surface area contributed by atoms with Gasteiger partial charge in [0.25, 0.3) is 0 Å². The van der Waals surface area contributed by atoms with E-state index in [9.17, 15) is 4.57 Å². The van der Waals surface area contributed by atoms with Gasteiger partial charge in [-0.1, -0.05) is 62.4 Å². The second-order valence-corrected chi connectivity index (χ2v) is 10.8. The van der Waals surface area contributed by atoms with Gasteiger partial charge in [-0.2, -0.15) is 0 Å². The lowest BCUT2D eigenvalue weighted by atomic mass is 9.63. The molecule has 4 nitrogen and oxygen atoms in total. The Bertz CT molecular complexity index is 890. The molecule has 1 aliphatic heterocycles. The van der Waals surface area contributed by atoms with Crippen LogP contribution in [-0.4, -0.2) is 19.3 Å². The van der Waals surface area contributed by atoms with E-state index < -0.39 is 12.8 Å². The van der Waals surface area contributed by atoms with Crippen molar-refractivity contribution < 1.29 is 13.6 Å². The Morgan fingerprint density at radius 2 is 1.66 bits per heavy atom. The van der Waals surface area contributed by atoms with Gasteiger partial charge in [0.1, 0.15) is 5.16 Å². The molecule has 3 atom stereocenters. The van der Waals surface area contributed by atoms with Crippen LogP contribution in [0.5, 0.6) is 0 Å². The monoisotopic (exact) mass is 413 g/mol. The summed E-state index contributed by atoms with van der Waals surface area (Å²) in [5.74, 6) is 0.942. The molecule has 1 heterocycles. The molecule has 0 bridgehead atoms. The van der Waals surface area contributed by atoms with E-state index in [1.165, 1.54) is 11.3 Å². The molecule has 3 unspecified atom stereocenters. The average Bonchev–Trinajstić information content (AvgIpc) is 2.88. The van der Waals surface area contributed by atoms with E-state index in [4.69, 9.17) is 9.05 Å². The molecule has 0 saturated heterocycles. The largest absolute Gasteiger partial charge is 0.362 e. The molecule has 0 N–H and O–H groups in total. The van der Waals surface area contributed by atoms with Gasteiger partial charge in [0.15, 0.2) is 0 Å². The Balaban J connectivity index is 1.86. The highest BCUT2D eigenvalue weighted by Crippen LogP contribution is 2.79. The standard InChI is InChI=1S/C24H32NO3P/c1-5-27-29(26,28-6-2)24-16-20(18(3)4)23(24)25(17-19-12-8-7-9-13-19)22-15-11-10-14-21(22)24/h7-15,18,20,23H,5-6,16-17H2,1-4H3. The number of fused-ring (bicyclic) bond motifs is 3. The number of rotatable bonds is 8. The van der Waals surface area contributed by atoms with Crippen molar-refractivity contribution in [3.63, 3.8) is 0 Å². The van der Waals surface area contributed by atoms with Crippen LogP contribution in [-0.2, 0) is 25.3 Å². The second-order valence-electron chi connectivity index (χ2n) is 8.44. The second kappa shape index (κ2) is 7.91. The first-order valence-corrected chi connectivity index (χ1v) is 12.3. The van der Waals surface area contributed by atoms with Crippen molar-refractivity contribution in [2.75, 3.05) is 18.1 Å². The Labute approximate surface area is 174 Å². The highest BCUT2D eigenvalue weighted by Gasteiger charge is 2.72. The van der Waals surface area contributed by atoms with E-state index in [1.807, 2.05) is 19.9 Å². The summed E-state index contributed by atoms with van der Waals surface area (Å²) < 4.78 is 26.2. The molecule has 29 heavy (non-hydrogen) atoms. The van der Waals surface area contributed by atoms with Crippen molar-refractivity contribution in [1.82, 2.24) is 0 Å². The SMILES string of the molecule is CCOP(=O)(OCC)C12CC(C(C)C)C1N(Cc1ccccc1)c1ccccc12.